The minimum Gasteiger partial charge on any atom is -0.392 e. The van der Waals surface area contributed by atoms with E-state index in [1.165, 1.54) is 5.56 Å². The first-order valence-corrected chi connectivity index (χ1v) is 5.25. The normalized spacial score (nSPS) is 12.4. The molecule has 0 aliphatic rings. The topological polar surface area (TPSA) is 20.2 Å². The van der Waals surface area contributed by atoms with E-state index in [0.29, 0.717) is 0 Å². The van der Waals surface area contributed by atoms with Crippen molar-refractivity contribution in [3.8, 4) is 0 Å². The molecule has 1 N–H and O–H groups in total. The van der Waals surface area contributed by atoms with Crippen LogP contribution in [-0.2, 0) is 6.42 Å². The quantitative estimate of drug-likeness (QED) is 0.703. The van der Waals surface area contributed by atoms with Gasteiger partial charge in [0, 0.05) is 5.92 Å². The summed E-state index contributed by atoms with van der Waals surface area (Å²) in [5.41, 5.74) is 1.25. The average Bonchev–Trinajstić information content (AvgIpc) is 2.29. The van der Waals surface area contributed by atoms with Gasteiger partial charge in [0.05, 0.1) is 6.10 Å². The van der Waals surface area contributed by atoms with Crippen molar-refractivity contribution >= 4 is 0 Å². The second kappa shape index (κ2) is 6.20. The standard InChI is InChI=1S/C14H18O/c1-3-13(4-2)14(15)11-10-12-8-6-5-7-9-12/h3-9,13-15H,1-2,10-11H2. The molecule has 0 fully saturated rings. The van der Waals surface area contributed by atoms with Crippen molar-refractivity contribution in [2.45, 2.75) is 18.9 Å². The van der Waals surface area contributed by atoms with Crippen molar-refractivity contribution in [1.82, 2.24) is 0 Å². The predicted octanol–water partition coefficient (Wildman–Crippen LogP) is 2.97. The van der Waals surface area contributed by atoms with Gasteiger partial charge >= 0.3 is 0 Å². The summed E-state index contributed by atoms with van der Waals surface area (Å²) in [5, 5.41) is 9.83. The fourth-order valence-corrected chi connectivity index (χ4v) is 1.56. The summed E-state index contributed by atoms with van der Waals surface area (Å²) in [5.74, 6) is -0.00582. The Morgan fingerprint density at radius 3 is 2.27 bits per heavy atom. The molecule has 0 saturated carbocycles. The molecule has 1 heteroatoms. The molecule has 1 aromatic carbocycles. The Labute approximate surface area is 91.8 Å². The van der Waals surface area contributed by atoms with Gasteiger partial charge in [-0.05, 0) is 18.4 Å². The summed E-state index contributed by atoms with van der Waals surface area (Å²) in [4.78, 5) is 0. The van der Waals surface area contributed by atoms with Crippen molar-refractivity contribution in [2.75, 3.05) is 0 Å². The highest BCUT2D eigenvalue weighted by molar-refractivity contribution is 5.15. The van der Waals surface area contributed by atoms with Crippen LogP contribution in [0.2, 0.25) is 0 Å². The van der Waals surface area contributed by atoms with Crippen LogP contribution in [0.25, 0.3) is 0 Å². The number of aliphatic hydroxyl groups excluding tert-OH is 1. The van der Waals surface area contributed by atoms with Crippen molar-refractivity contribution in [2.24, 2.45) is 5.92 Å². The summed E-state index contributed by atoms with van der Waals surface area (Å²) in [6.07, 6.45) is 4.73. The predicted molar refractivity (Wildman–Crippen MR) is 64.7 cm³/mol. The molecule has 0 aliphatic carbocycles. The fourth-order valence-electron chi connectivity index (χ4n) is 1.56. The molecular formula is C14H18O. The van der Waals surface area contributed by atoms with Gasteiger partial charge < -0.3 is 5.11 Å². The summed E-state index contributed by atoms with van der Waals surface area (Å²) >= 11 is 0. The van der Waals surface area contributed by atoms with E-state index in [-0.39, 0.29) is 12.0 Å². The molecule has 1 rings (SSSR count). The highest BCUT2D eigenvalue weighted by Gasteiger charge is 2.11. The van der Waals surface area contributed by atoms with Crippen LogP contribution in [-0.4, -0.2) is 11.2 Å². The van der Waals surface area contributed by atoms with Crippen molar-refractivity contribution in [3.63, 3.8) is 0 Å². The molecule has 15 heavy (non-hydrogen) atoms. The molecule has 0 heterocycles. The molecular weight excluding hydrogens is 184 g/mol. The molecule has 0 radical (unpaired) electrons. The molecule has 0 amide bonds. The number of hydrogen-bond donors (Lipinski definition) is 1. The zero-order chi connectivity index (χ0) is 11.1. The van der Waals surface area contributed by atoms with E-state index in [1.807, 2.05) is 18.2 Å². The minimum absolute atomic E-state index is 0.00582. The summed E-state index contributed by atoms with van der Waals surface area (Å²) < 4.78 is 0. The van der Waals surface area contributed by atoms with Gasteiger partial charge in [-0.3, -0.25) is 0 Å². The zero-order valence-electron chi connectivity index (χ0n) is 8.97. The van der Waals surface area contributed by atoms with Crippen molar-refractivity contribution in [3.05, 3.63) is 61.2 Å². The van der Waals surface area contributed by atoms with Gasteiger partial charge in [-0.25, -0.2) is 0 Å². The molecule has 0 bridgehead atoms. The van der Waals surface area contributed by atoms with Gasteiger partial charge in [-0.2, -0.15) is 0 Å². The zero-order valence-corrected chi connectivity index (χ0v) is 8.97. The van der Waals surface area contributed by atoms with Crippen molar-refractivity contribution in [1.29, 1.82) is 0 Å². The summed E-state index contributed by atoms with van der Waals surface area (Å²) in [6, 6.07) is 10.2. The molecule has 1 aromatic rings. The molecule has 80 valence electrons. The highest BCUT2D eigenvalue weighted by Crippen LogP contribution is 2.13. The Morgan fingerprint density at radius 1 is 1.13 bits per heavy atom. The first-order valence-electron chi connectivity index (χ1n) is 5.25. The monoisotopic (exact) mass is 202 g/mol. The Balaban J connectivity index is 2.43. The van der Waals surface area contributed by atoms with E-state index in [9.17, 15) is 5.11 Å². The SMILES string of the molecule is C=CC(C=C)C(O)CCc1ccccc1. The van der Waals surface area contributed by atoms with E-state index < -0.39 is 0 Å². The number of rotatable bonds is 6. The average molecular weight is 202 g/mol. The fraction of sp³-hybridized carbons (Fsp3) is 0.286. The molecule has 0 saturated heterocycles. The lowest BCUT2D eigenvalue weighted by Gasteiger charge is -2.15. The Morgan fingerprint density at radius 2 is 1.73 bits per heavy atom. The maximum Gasteiger partial charge on any atom is 0.0640 e. The lowest BCUT2D eigenvalue weighted by Crippen LogP contribution is -2.17. The van der Waals surface area contributed by atoms with Crippen LogP contribution in [0.4, 0.5) is 0 Å². The summed E-state index contributed by atoms with van der Waals surface area (Å²) in [7, 11) is 0. The van der Waals surface area contributed by atoms with Gasteiger partial charge in [0.15, 0.2) is 0 Å². The van der Waals surface area contributed by atoms with E-state index in [2.05, 4.69) is 25.3 Å². The molecule has 0 spiro atoms. The summed E-state index contributed by atoms with van der Waals surface area (Å²) in [6.45, 7) is 7.35. The maximum absolute atomic E-state index is 9.83. The lowest BCUT2D eigenvalue weighted by molar-refractivity contribution is 0.139. The Bertz CT molecular complexity index is 294. The first-order chi connectivity index (χ1) is 7.27. The highest BCUT2D eigenvalue weighted by atomic mass is 16.3. The van der Waals surface area contributed by atoms with Gasteiger partial charge in [0.2, 0.25) is 0 Å². The van der Waals surface area contributed by atoms with Gasteiger partial charge in [-0.15, -0.1) is 13.2 Å². The van der Waals surface area contributed by atoms with E-state index in [0.717, 1.165) is 12.8 Å². The van der Waals surface area contributed by atoms with Crippen LogP contribution in [0.5, 0.6) is 0 Å². The van der Waals surface area contributed by atoms with Crippen LogP contribution in [0.3, 0.4) is 0 Å². The molecule has 1 unspecified atom stereocenters. The maximum atomic E-state index is 9.83. The van der Waals surface area contributed by atoms with Crippen LogP contribution >= 0.6 is 0 Å². The molecule has 0 aliphatic heterocycles. The van der Waals surface area contributed by atoms with E-state index in [4.69, 9.17) is 0 Å². The number of hydrogen-bond acceptors (Lipinski definition) is 1. The smallest absolute Gasteiger partial charge is 0.0640 e. The molecule has 1 nitrogen and oxygen atoms in total. The van der Waals surface area contributed by atoms with E-state index >= 15 is 0 Å². The molecule has 1 atom stereocenters. The van der Waals surface area contributed by atoms with E-state index in [1.54, 1.807) is 12.2 Å². The lowest BCUT2D eigenvalue weighted by atomic mass is 9.96. The number of aliphatic hydroxyl groups is 1. The van der Waals surface area contributed by atoms with Crippen LogP contribution in [0, 0.1) is 5.92 Å². The second-order valence-corrected chi connectivity index (χ2v) is 3.64. The second-order valence-electron chi connectivity index (χ2n) is 3.64. The Kier molecular flexibility index (Phi) is 4.85. The third kappa shape index (κ3) is 3.72. The third-order valence-electron chi connectivity index (χ3n) is 2.56. The minimum atomic E-state index is -0.375. The molecule has 0 aromatic heterocycles. The van der Waals surface area contributed by atoms with Crippen LogP contribution in [0.15, 0.2) is 55.6 Å². The van der Waals surface area contributed by atoms with Crippen molar-refractivity contribution < 1.29 is 5.11 Å². The van der Waals surface area contributed by atoms with Gasteiger partial charge in [-0.1, -0.05) is 42.5 Å². The first kappa shape index (κ1) is 11.7. The number of benzene rings is 1. The number of aryl methyl sites for hydroxylation is 1. The van der Waals surface area contributed by atoms with Crippen LogP contribution < -0.4 is 0 Å². The third-order valence-corrected chi connectivity index (χ3v) is 2.56. The largest absolute Gasteiger partial charge is 0.392 e. The van der Waals surface area contributed by atoms with Crippen LogP contribution in [0.1, 0.15) is 12.0 Å². The van der Waals surface area contributed by atoms with Gasteiger partial charge in [0.1, 0.15) is 0 Å². The van der Waals surface area contributed by atoms with Gasteiger partial charge in [0.25, 0.3) is 0 Å². The Hall–Kier alpha value is -1.34.